The molecule has 2 saturated heterocycles. The van der Waals surface area contributed by atoms with Crippen LogP contribution in [0.1, 0.15) is 40.2 Å². The van der Waals surface area contributed by atoms with Crippen LogP contribution in [0.3, 0.4) is 0 Å². The molecule has 0 spiro atoms. The molecular formula is C16H21Na2O7P. The van der Waals surface area contributed by atoms with E-state index in [0.717, 1.165) is 0 Å². The van der Waals surface area contributed by atoms with Gasteiger partial charge in [0.05, 0.1) is 6.61 Å². The van der Waals surface area contributed by atoms with Crippen LogP contribution in [0, 0.1) is 10.8 Å². The van der Waals surface area contributed by atoms with Crippen LogP contribution in [0.25, 0.3) is 0 Å². The van der Waals surface area contributed by atoms with Crippen molar-refractivity contribution in [1.29, 1.82) is 0 Å². The van der Waals surface area contributed by atoms with E-state index in [4.69, 9.17) is 14.5 Å². The topological polar surface area (TPSA) is 100 Å². The maximum absolute atomic E-state index is 10.9. The van der Waals surface area contributed by atoms with E-state index in [1.165, 1.54) is 12.1 Å². The fraction of sp³-hybridized carbons (Fsp3) is 0.625. The molecule has 0 saturated carbocycles. The second-order valence-corrected chi connectivity index (χ2v) is 9.03. The molecule has 2 atom stereocenters. The normalized spacial score (nSPS) is 29.7. The van der Waals surface area contributed by atoms with Crippen LogP contribution in [0.2, 0.25) is 0 Å². The molecule has 0 amide bonds. The first-order valence-corrected chi connectivity index (χ1v) is 9.14. The van der Waals surface area contributed by atoms with Gasteiger partial charge in [0.25, 0.3) is 5.79 Å². The summed E-state index contributed by atoms with van der Waals surface area (Å²) in [6, 6.07) is 6.14. The number of ether oxygens (including phenoxy) is 1. The number of fused-ring (bicyclic) bond motifs is 1. The first-order valence-electron chi connectivity index (χ1n) is 7.68. The van der Waals surface area contributed by atoms with Crippen molar-refractivity contribution in [3.8, 4) is 5.75 Å². The summed E-state index contributed by atoms with van der Waals surface area (Å²) in [5.41, 5.74) is -0.939. The van der Waals surface area contributed by atoms with Gasteiger partial charge in [-0.1, -0.05) is 46.8 Å². The van der Waals surface area contributed by atoms with Gasteiger partial charge < -0.3 is 23.6 Å². The molecule has 2 aliphatic rings. The zero-order chi connectivity index (χ0) is 18.0. The number of phosphoric acid groups is 1. The van der Waals surface area contributed by atoms with Crippen molar-refractivity contribution in [2.24, 2.45) is 10.8 Å². The SMILES string of the molecule is CC(C)(C)C12OOC1(c1cccc(OP(=O)([O-])[O-])c1)OCC2(C)C.[Na+].[Na+]. The Morgan fingerprint density at radius 1 is 1.15 bits per heavy atom. The Bertz CT molecular complexity index is 715. The maximum Gasteiger partial charge on any atom is 1.00 e. The number of rotatable bonds is 3. The molecule has 10 heteroatoms. The quantitative estimate of drug-likeness (QED) is 0.288. The predicted octanol–water partition coefficient (Wildman–Crippen LogP) is -4.14. The molecule has 7 nitrogen and oxygen atoms in total. The average Bonchev–Trinajstić information content (AvgIpc) is 2.50. The van der Waals surface area contributed by atoms with Crippen molar-refractivity contribution >= 4 is 7.82 Å². The first-order chi connectivity index (χ1) is 10.8. The molecule has 2 heterocycles. The van der Waals surface area contributed by atoms with Crippen LogP contribution < -0.4 is 73.4 Å². The van der Waals surface area contributed by atoms with E-state index in [1.807, 2.05) is 34.6 Å². The monoisotopic (exact) mass is 402 g/mol. The molecular weight excluding hydrogens is 381 g/mol. The minimum absolute atomic E-state index is 0. The fourth-order valence-electron chi connectivity index (χ4n) is 4.12. The molecule has 2 fully saturated rings. The maximum atomic E-state index is 10.9. The third-order valence-electron chi connectivity index (χ3n) is 4.82. The van der Waals surface area contributed by atoms with Crippen molar-refractivity contribution in [1.82, 2.24) is 0 Å². The van der Waals surface area contributed by atoms with Gasteiger partial charge in [0.1, 0.15) is 13.6 Å². The molecule has 0 N–H and O–H groups in total. The summed E-state index contributed by atoms with van der Waals surface area (Å²) >= 11 is 0. The van der Waals surface area contributed by atoms with Gasteiger partial charge in [0, 0.05) is 16.4 Å². The third-order valence-corrected chi connectivity index (χ3v) is 5.26. The Balaban J connectivity index is 0.00000169. The van der Waals surface area contributed by atoms with Crippen LogP contribution in [-0.2, 0) is 24.9 Å². The summed E-state index contributed by atoms with van der Waals surface area (Å²) in [5.74, 6) is -1.27. The van der Waals surface area contributed by atoms with Crippen LogP contribution in [0.15, 0.2) is 24.3 Å². The Labute approximate surface area is 197 Å². The van der Waals surface area contributed by atoms with Gasteiger partial charge in [-0.15, -0.1) is 0 Å². The van der Waals surface area contributed by atoms with Gasteiger partial charge in [-0.25, -0.2) is 4.89 Å². The van der Waals surface area contributed by atoms with Gasteiger partial charge in [0.15, 0.2) is 5.60 Å². The molecule has 134 valence electrons. The number of phosphoric ester groups is 1. The van der Waals surface area contributed by atoms with Gasteiger partial charge in [-0.3, -0.25) is 0 Å². The molecule has 0 bridgehead atoms. The Morgan fingerprint density at radius 3 is 2.23 bits per heavy atom. The summed E-state index contributed by atoms with van der Waals surface area (Å²) in [4.78, 5) is 32.9. The summed E-state index contributed by atoms with van der Waals surface area (Å²) in [5, 5.41) is 0. The predicted molar refractivity (Wildman–Crippen MR) is 80.4 cm³/mol. The second-order valence-electron chi connectivity index (χ2n) is 7.95. The molecule has 26 heavy (non-hydrogen) atoms. The largest absolute Gasteiger partial charge is 1.00 e. The van der Waals surface area contributed by atoms with E-state index in [0.29, 0.717) is 12.2 Å². The average molecular weight is 402 g/mol. The molecule has 3 rings (SSSR count). The van der Waals surface area contributed by atoms with E-state index >= 15 is 0 Å². The molecule has 0 aromatic heterocycles. The van der Waals surface area contributed by atoms with Gasteiger partial charge >= 0.3 is 59.1 Å². The van der Waals surface area contributed by atoms with E-state index in [1.54, 1.807) is 12.1 Å². The van der Waals surface area contributed by atoms with E-state index in [-0.39, 0.29) is 75.7 Å². The molecule has 0 aliphatic carbocycles. The van der Waals surface area contributed by atoms with Crippen LogP contribution in [-0.4, -0.2) is 12.2 Å². The van der Waals surface area contributed by atoms with Crippen LogP contribution in [0.5, 0.6) is 5.75 Å². The summed E-state index contributed by atoms with van der Waals surface area (Å²) in [7, 11) is -5.15. The van der Waals surface area contributed by atoms with Crippen molar-refractivity contribution in [2.45, 2.75) is 46.0 Å². The van der Waals surface area contributed by atoms with Crippen molar-refractivity contribution in [3.05, 3.63) is 29.8 Å². The van der Waals surface area contributed by atoms with E-state index in [9.17, 15) is 14.4 Å². The summed E-state index contributed by atoms with van der Waals surface area (Å²) in [6.45, 7) is 10.6. The van der Waals surface area contributed by atoms with Gasteiger partial charge in [-0.2, -0.15) is 4.89 Å². The third kappa shape index (κ3) is 3.64. The minimum atomic E-state index is -5.15. The standard InChI is InChI=1S/C16H23O7P.2Na/c1-13(2,3)16-14(4,5)10-20-15(16,22-23-16)11-7-6-8-12(9-11)21-24(17,18)19;;/h6-9H,10H2,1-5H3,(H2,17,18,19);;/q;2*+1/p-2. The number of benzene rings is 1. The molecule has 0 radical (unpaired) electrons. The number of hydrogen-bond acceptors (Lipinski definition) is 7. The van der Waals surface area contributed by atoms with Crippen LogP contribution in [0.4, 0.5) is 0 Å². The molecule has 2 unspecified atom stereocenters. The minimum Gasteiger partial charge on any atom is -0.780 e. The number of hydrogen-bond donors (Lipinski definition) is 0. The van der Waals surface area contributed by atoms with E-state index < -0.39 is 19.2 Å². The smallest absolute Gasteiger partial charge is 0.780 e. The van der Waals surface area contributed by atoms with Crippen molar-refractivity contribution < 1.29 is 92.5 Å². The summed E-state index contributed by atoms with van der Waals surface area (Å²) < 4.78 is 21.4. The van der Waals surface area contributed by atoms with Crippen LogP contribution >= 0.6 is 7.82 Å². The second kappa shape index (κ2) is 7.71. The first kappa shape index (κ1) is 25.1. The molecule has 1 aromatic carbocycles. The Morgan fingerprint density at radius 2 is 1.77 bits per heavy atom. The van der Waals surface area contributed by atoms with Crippen molar-refractivity contribution in [2.75, 3.05) is 6.61 Å². The fourth-order valence-corrected chi connectivity index (χ4v) is 4.50. The van der Waals surface area contributed by atoms with Gasteiger partial charge in [0.2, 0.25) is 0 Å². The zero-order valence-electron chi connectivity index (χ0n) is 16.3. The summed E-state index contributed by atoms with van der Waals surface area (Å²) in [6.07, 6.45) is 0. The molecule has 2 aliphatic heterocycles. The van der Waals surface area contributed by atoms with Crippen molar-refractivity contribution in [3.63, 3.8) is 0 Å². The zero-order valence-corrected chi connectivity index (χ0v) is 21.2. The molecule has 1 aromatic rings. The Kier molecular flexibility index (Phi) is 7.44. The van der Waals surface area contributed by atoms with Gasteiger partial charge in [-0.05, 0) is 12.1 Å². The van der Waals surface area contributed by atoms with E-state index in [2.05, 4.69) is 4.52 Å². The Hall–Kier alpha value is 1.05.